The highest BCUT2D eigenvalue weighted by Gasteiger charge is 2.30. The minimum Gasteiger partial charge on any atom is -0.374 e. The van der Waals surface area contributed by atoms with Crippen LogP contribution in [0.25, 0.3) is 11.1 Å². The van der Waals surface area contributed by atoms with Crippen molar-refractivity contribution in [1.82, 2.24) is 0 Å². The van der Waals surface area contributed by atoms with Gasteiger partial charge in [-0.3, -0.25) is 0 Å². The van der Waals surface area contributed by atoms with Crippen molar-refractivity contribution >= 4 is 0 Å². The van der Waals surface area contributed by atoms with Crippen LogP contribution in [-0.2, 0) is 11.3 Å². The van der Waals surface area contributed by atoms with E-state index < -0.39 is 11.6 Å². The molecule has 2 saturated carbocycles. The fraction of sp³-hybridized carbons (Fsp3) is 0.556. The first-order valence-electron chi connectivity index (χ1n) is 11.8. The van der Waals surface area contributed by atoms with Gasteiger partial charge in [0.1, 0.15) is 0 Å². The van der Waals surface area contributed by atoms with Crippen LogP contribution in [0.1, 0.15) is 70.3 Å². The highest BCUT2D eigenvalue weighted by molar-refractivity contribution is 5.63. The van der Waals surface area contributed by atoms with E-state index in [2.05, 4.69) is 6.92 Å². The van der Waals surface area contributed by atoms with Gasteiger partial charge in [-0.15, -0.1) is 0 Å². The average Bonchev–Trinajstić information content (AvgIpc) is 2.80. The molecule has 0 saturated heterocycles. The fourth-order valence-electron chi connectivity index (χ4n) is 5.48. The molecule has 0 aliphatic heterocycles. The van der Waals surface area contributed by atoms with E-state index in [4.69, 9.17) is 4.74 Å². The van der Waals surface area contributed by atoms with Gasteiger partial charge < -0.3 is 4.74 Å². The SMILES string of the molecule is CCC1CCC(C2CCC(OCc3ccc(-c4ccc(F)c(F)c4)cc3)CC2)CC1. The van der Waals surface area contributed by atoms with E-state index in [1.54, 1.807) is 6.07 Å². The largest absolute Gasteiger partial charge is 0.374 e. The van der Waals surface area contributed by atoms with Crippen LogP contribution >= 0.6 is 0 Å². The molecule has 0 aromatic heterocycles. The summed E-state index contributed by atoms with van der Waals surface area (Å²) >= 11 is 0. The van der Waals surface area contributed by atoms with Crippen molar-refractivity contribution in [3.63, 3.8) is 0 Å². The van der Waals surface area contributed by atoms with Crippen molar-refractivity contribution in [3.8, 4) is 11.1 Å². The van der Waals surface area contributed by atoms with Gasteiger partial charge in [-0.25, -0.2) is 8.78 Å². The second kappa shape index (κ2) is 10.0. The summed E-state index contributed by atoms with van der Waals surface area (Å²) in [7, 11) is 0. The predicted molar refractivity (Wildman–Crippen MR) is 118 cm³/mol. The van der Waals surface area contributed by atoms with Gasteiger partial charge in [-0.2, -0.15) is 0 Å². The smallest absolute Gasteiger partial charge is 0.159 e. The molecule has 0 amide bonds. The first kappa shape index (κ1) is 21.5. The zero-order valence-electron chi connectivity index (χ0n) is 18.1. The number of ether oxygens (including phenoxy) is 1. The van der Waals surface area contributed by atoms with E-state index in [-0.39, 0.29) is 0 Å². The maximum atomic E-state index is 13.5. The molecule has 2 fully saturated rings. The topological polar surface area (TPSA) is 9.23 Å². The van der Waals surface area contributed by atoms with Crippen LogP contribution in [0.4, 0.5) is 8.78 Å². The molecule has 4 rings (SSSR count). The molecule has 0 bridgehead atoms. The second-order valence-electron chi connectivity index (χ2n) is 9.36. The Hall–Kier alpha value is -1.74. The van der Waals surface area contributed by atoms with Crippen molar-refractivity contribution in [1.29, 1.82) is 0 Å². The molecule has 0 unspecified atom stereocenters. The number of hydrogen-bond donors (Lipinski definition) is 0. The van der Waals surface area contributed by atoms with E-state index in [1.807, 2.05) is 24.3 Å². The monoisotopic (exact) mass is 412 g/mol. The van der Waals surface area contributed by atoms with E-state index in [0.717, 1.165) is 28.9 Å². The molecule has 0 radical (unpaired) electrons. The Balaban J connectivity index is 1.22. The van der Waals surface area contributed by atoms with E-state index in [1.165, 1.54) is 69.9 Å². The van der Waals surface area contributed by atoms with Crippen LogP contribution in [0.5, 0.6) is 0 Å². The lowest BCUT2D eigenvalue weighted by molar-refractivity contribution is -0.00277. The lowest BCUT2D eigenvalue weighted by Crippen LogP contribution is -2.28. The molecule has 2 aromatic carbocycles. The van der Waals surface area contributed by atoms with E-state index in [9.17, 15) is 8.78 Å². The molecule has 2 aromatic rings. The number of halogens is 2. The summed E-state index contributed by atoms with van der Waals surface area (Å²) in [6.45, 7) is 2.96. The molecule has 3 heteroatoms. The fourth-order valence-corrected chi connectivity index (χ4v) is 5.48. The van der Waals surface area contributed by atoms with Crippen LogP contribution in [-0.4, -0.2) is 6.10 Å². The van der Waals surface area contributed by atoms with Gasteiger partial charge in [-0.1, -0.05) is 56.5 Å². The van der Waals surface area contributed by atoms with Crippen LogP contribution in [0, 0.1) is 29.4 Å². The maximum absolute atomic E-state index is 13.5. The minimum atomic E-state index is -0.813. The molecule has 30 heavy (non-hydrogen) atoms. The van der Waals surface area contributed by atoms with Crippen LogP contribution in [0.15, 0.2) is 42.5 Å². The molecule has 0 N–H and O–H groups in total. The second-order valence-corrected chi connectivity index (χ2v) is 9.36. The van der Waals surface area contributed by atoms with Gasteiger partial charge >= 0.3 is 0 Å². The van der Waals surface area contributed by atoms with Crippen molar-refractivity contribution in [2.45, 2.75) is 77.4 Å². The van der Waals surface area contributed by atoms with Gasteiger partial charge in [-0.05, 0) is 85.1 Å². The lowest BCUT2D eigenvalue weighted by atomic mass is 9.70. The first-order valence-corrected chi connectivity index (χ1v) is 11.8. The summed E-state index contributed by atoms with van der Waals surface area (Å²) in [4.78, 5) is 0. The van der Waals surface area contributed by atoms with E-state index in [0.29, 0.717) is 18.3 Å². The van der Waals surface area contributed by atoms with Crippen LogP contribution in [0.2, 0.25) is 0 Å². The molecule has 0 spiro atoms. The third kappa shape index (κ3) is 5.29. The highest BCUT2D eigenvalue weighted by atomic mass is 19.2. The summed E-state index contributed by atoms with van der Waals surface area (Å²) < 4.78 is 32.8. The molecule has 162 valence electrons. The molecule has 0 atom stereocenters. The molecule has 0 heterocycles. The van der Waals surface area contributed by atoms with Crippen molar-refractivity contribution in [2.75, 3.05) is 0 Å². The molecule has 2 aliphatic carbocycles. The third-order valence-corrected chi connectivity index (χ3v) is 7.55. The van der Waals surface area contributed by atoms with Crippen molar-refractivity contribution in [2.24, 2.45) is 17.8 Å². The zero-order valence-corrected chi connectivity index (χ0v) is 18.1. The minimum absolute atomic E-state index is 0.374. The lowest BCUT2D eigenvalue weighted by Gasteiger charge is -2.37. The Labute approximate surface area is 179 Å². The summed E-state index contributed by atoms with van der Waals surface area (Å²) in [6, 6.07) is 12.0. The highest BCUT2D eigenvalue weighted by Crippen LogP contribution is 2.41. The average molecular weight is 413 g/mol. The predicted octanol–water partition coefficient (Wildman–Crippen LogP) is 7.92. The molecular weight excluding hydrogens is 378 g/mol. The Kier molecular flexibility index (Phi) is 7.20. The van der Waals surface area contributed by atoms with Crippen molar-refractivity contribution < 1.29 is 13.5 Å². The van der Waals surface area contributed by atoms with Crippen LogP contribution < -0.4 is 0 Å². The standard InChI is InChI=1S/C27H34F2O/c1-2-19-3-7-21(8-4-19)22-11-14-25(15-12-22)30-18-20-5-9-23(10-6-20)24-13-16-26(28)27(29)17-24/h5-6,9-10,13,16-17,19,21-22,25H,2-4,7-8,11-12,14-15,18H2,1H3. The normalized spacial score (nSPS) is 27.2. The number of rotatable bonds is 6. The first-order chi connectivity index (χ1) is 14.6. The Morgan fingerprint density at radius 3 is 1.93 bits per heavy atom. The summed E-state index contributed by atoms with van der Waals surface area (Å²) in [5, 5.41) is 0. The van der Waals surface area contributed by atoms with Gasteiger partial charge in [0.05, 0.1) is 12.7 Å². The number of benzene rings is 2. The van der Waals surface area contributed by atoms with Gasteiger partial charge in [0.15, 0.2) is 11.6 Å². The molecule has 2 aliphatic rings. The Bertz CT molecular complexity index is 800. The van der Waals surface area contributed by atoms with Gasteiger partial charge in [0.25, 0.3) is 0 Å². The van der Waals surface area contributed by atoms with Crippen LogP contribution in [0.3, 0.4) is 0 Å². The number of hydrogen-bond acceptors (Lipinski definition) is 1. The summed E-state index contributed by atoms with van der Waals surface area (Å²) in [5.74, 6) is 1.23. The summed E-state index contributed by atoms with van der Waals surface area (Å²) in [5.41, 5.74) is 2.70. The quantitative estimate of drug-likeness (QED) is 0.468. The van der Waals surface area contributed by atoms with Gasteiger partial charge in [0, 0.05) is 0 Å². The third-order valence-electron chi connectivity index (χ3n) is 7.55. The van der Waals surface area contributed by atoms with Crippen molar-refractivity contribution in [3.05, 3.63) is 59.7 Å². The molecule has 1 nitrogen and oxygen atoms in total. The van der Waals surface area contributed by atoms with Gasteiger partial charge in [0.2, 0.25) is 0 Å². The summed E-state index contributed by atoms with van der Waals surface area (Å²) in [6.07, 6.45) is 12.5. The zero-order chi connectivity index (χ0) is 20.9. The Morgan fingerprint density at radius 2 is 1.33 bits per heavy atom. The molecular formula is C27H34F2O. The van der Waals surface area contributed by atoms with E-state index >= 15 is 0 Å². The Morgan fingerprint density at radius 1 is 0.733 bits per heavy atom. The maximum Gasteiger partial charge on any atom is 0.159 e.